The first-order valence-electron chi connectivity index (χ1n) is 6.23. The molecule has 1 aromatic rings. The molecule has 0 aromatic heterocycles. The van der Waals surface area contributed by atoms with E-state index >= 15 is 0 Å². The first kappa shape index (κ1) is 14.7. The number of rotatable bonds is 6. The average molecular weight is 302 g/mol. The van der Waals surface area contributed by atoms with Gasteiger partial charge in [0.05, 0.1) is 4.47 Å². The lowest BCUT2D eigenvalue weighted by Crippen LogP contribution is -2.28. The third kappa shape index (κ3) is 4.40. The fourth-order valence-corrected chi connectivity index (χ4v) is 2.18. The number of benzene rings is 1. The average Bonchev–Trinajstić information content (AvgIpc) is 2.33. The van der Waals surface area contributed by atoms with Crippen molar-refractivity contribution in [1.82, 2.24) is 4.90 Å². The summed E-state index contributed by atoms with van der Waals surface area (Å²) in [6.45, 7) is 9.47. The van der Waals surface area contributed by atoms with Gasteiger partial charge in [-0.1, -0.05) is 39.3 Å². The second kappa shape index (κ2) is 7.12. The lowest BCUT2D eigenvalue weighted by atomic mass is 10.1. The molecule has 0 spiro atoms. The van der Waals surface area contributed by atoms with Crippen LogP contribution in [0.4, 0.5) is 4.39 Å². The highest BCUT2D eigenvalue weighted by Gasteiger charge is 2.11. The van der Waals surface area contributed by atoms with Crippen molar-refractivity contribution in [2.75, 3.05) is 13.1 Å². The van der Waals surface area contributed by atoms with Crippen LogP contribution in [0.5, 0.6) is 0 Å². The van der Waals surface area contributed by atoms with E-state index in [1.54, 1.807) is 6.07 Å². The van der Waals surface area contributed by atoms with Gasteiger partial charge in [0.15, 0.2) is 0 Å². The molecule has 0 heterocycles. The van der Waals surface area contributed by atoms with Crippen LogP contribution in [0.25, 0.3) is 0 Å². The standard InChI is InChI=1S/C14H21BrFN/c1-4-11(3)9-17(5-2)10-12-7-6-8-13(16)14(12)15/h6-8,11H,4-5,9-10H2,1-3H3. The quantitative estimate of drug-likeness (QED) is 0.750. The van der Waals surface area contributed by atoms with Crippen molar-refractivity contribution in [1.29, 1.82) is 0 Å². The van der Waals surface area contributed by atoms with Gasteiger partial charge in [-0.2, -0.15) is 0 Å². The summed E-state index contributed by atoms with van der Waals surface area (Å²) >= 11 is 3.32. The maximum absolute atomic E-state index is 13.4. The molecule has 1 rings (SSSR count). The number of hydrogen-bond donors (Lipinski definition) is 0. The maximum atomic E-state index is 13.4. The normalized spacial score (nSPS) is 13.1. The molecule has 96 valence electrons. The Morgan fingerprint density at radius 3 is 2.65 bits per heavy atom. The lowest BCUT2D eigenvalue weighted by Gasteiger charge is -2.24. The number of nitrogens with zero attached hydrogens (tertiary/aromatic N) is 1. The molecule has 1 aromatic carbocycles. The van der Waals surface area contributed by atoms with Crippen molar-refractivity contribution in [3.63, 3.8) is 0 Å². The SMILES string of the molecule is CCC(C)CN(CC)Cc1cccc(F)c1Br. The molecule has 0 N–H and O–H groups in total. The molecule has 0 aliphatic rings. The van der Waals surface area contributed by atoms with Crippen LogP contribution in [0.3, 0.4) is 0 Å². The summed E-state index contributed by atoms with van der Waals surface area (Å²) in [7, 11) is 0. The lowest BCUT2D eigenvalue weighted by molar-refractivity contribution is 0.237. The van der Waals surface area contributed by atoms with Gasteiger partial charge in [-0.25, -0.2) is 4.39 Å². The van der Waals surface area contributed by atoms with Crippen LogP contribution in [0.2, 0.25) is 0 Å². The Bertz CT molecular complexity index is 354. The predicted octanol–water partition coefficient (Wildman–Crippen LogP) is 4.46. The minimum atomic E-state index is -0.179. The molecule has 0 aliphatic heterocycles. The van der Waals surface area contributed by atoms with Gasteiger partial charge in [-0.15, -0.1) is 0 Å². The summed E-state index contributed by atoms with van der Waals surface area (Å²) in [4.78, 5) is 2.35. The molecule has 0 saturated heterocycles. The van der Waals surface area contributed by atoms with Gasteiger partial charge in [0, 0.05) is 13.1 Å². The summed E-state index contributed by atoms with van der Waals surface area (Å²) in [5.74, 6) is 0.504. The second-order valence-electron chi connectivity index (χ2n) is 4.55. The molecule has 0 saturated carbocycles. The van der Waals surface area contributed by atoms with Crippen LogP contribution in [0.1, 0.15) is 32.8 Å². The molecule has 3 heteroatoms. The summed E-state index contributed by atoms with van der Waals surface area (Å²) in [6, 6.07) is 5.23. The molecule has 0 fully saturated rings. The topological polar surface area (TPSA) is 3.24 Å². The Balaban J connectivity index is 2.70. The van der Waals surface area contributed by atoms with Gasteiger partial charge in [-0.05, 0) is 40.0 Å². The summed E-state index contributed by atoms with van der Waals surface area (Å²) in [6.07, 6.45) is 1.18. The van der Waals surface area contributed by atoms with E-state index in [1.165, 1.54) is 12.5 Å². The summed E-state index contributed by atoms with van der Waals surface area (Å²) in [5, 5.41) is 0. The predicted molar refractivity (Wildman–Crippen MR) is 74.5 cm³/mol. The summed E-state index contributed by atoms with van der Waals surface area (Å²) < 4.78 is 14.0. The second-order valence-corrected chi connectivity index (χ2v) is 5.35. The Morgan fingerprint density at radius 2 is 2.06 bits per heavy atom. The van der Waals surface area contributed by atoms with Crippen molar-refractivity contribution in [2.24, 2.45) is 5.92 Å². The number of hydrogen-bond acceptors (Lipinski definition) is 1. The van der Waals surface area contributed by atoms with Crippen molar-refractivity contribution >= 4 is 15.9 Å². The third-order valence-electron chi connectivity index (χ3n) is 3.14. The molecule has 0 amide bonds. The van der Waals surface area contributed by atoms with Crippen LogP contribution in [-0.4, -0.2) is 18.0 Å². The van der Waals surface area contributed by atoms with E-state index < -0.39 is 0 Å². The Hall–Kier alpha value is -0.410. The zero-order chi connectivity index (χ0) is 12.8. The first-order chi connectivity index (χ1) is 8.08. The third-order valence-corrected chi connectivity index (χ3v) is 4.03. The summed E-state index contributed by atoms with van der Waals surface area (Å²) in [5.41, 5.74) is 1.02. The van der Waals surface area contributed by atoms with Crippen LogP contribution in [0, 0.1) is 11.7 Å². The van der Waals surface area contributed by atoms with Crippen LogP contribution >= 0.6 is 15.9 Å². The van der Waals surface area contributed by atoms with Crippen LogP contribution < -0.4 is 0 Å². The van der Waals surface area contributed by atoms with Crippen LogP contribution in [-0.2, 0) is 6.54 Å². The zero-order valence-corrected chi connectivity index (χ0v) is 12.4. The fourth-order valence-electron chi connectivity index (χ4n) is 1.79. The van der Waals surface area contributed by atoms with Gasteiger partial charge in [0.1, 0.15) is 5.82 Å². The van der Waals surface area contributed by atoms with E-state index in [1.807, 2.05) is 6.07 Å². The van der Waals surface area contributed by atoms with Crippen molar-refractivity contribution in [2.45, 2.75) is 33.7 Å². The highest BCUT2D eigenvalue weighted by atomic mass is 79.9. The van der Waals surface area contributed by atoms with Crippen molar-refractivity contribution < 1.29 is 4.39 Å². The molecule has 1 atom stereocenters. The van der Waals surface area contributed by atoms with E-state index in [-0.39, 0.29) is 5.82 Å². The molecular weight excluding hydrogens is 281 g/mol. The molecule has 1 unspecified atom stereocenters. The Labute approximate surface area is 112 Å². The molecule has 0 bridgehead atoms. The largest absolute Gasteiger partial charge is 0.299 e. The molecule has 0 aliphatic carbocycles. The fraction of sp³-hybridized carbons (Fsp3) is 0.571. The van der Waals surface area contributed by atoms with E-state index in [0.29, 0.717) is 10.4 Å². The van der Waals surface area contributed by atoms with Gasteiger partial charge in [-0.3, -0.25) is 4.90 Å². The van der Waals surface area contributed by atoms with Gasteiger partial charge in [0.2, 0.25) is 0 Å². The maximum Gasteiger partial charge on any atom is 0.137 e. The number of halogens is 2. The molecular formula is C14H21BrFN. The van der Waals surface area contributed by atoms with E-state index in [4.69, 9.17) is 0 Å². The minimum absolute atomic E-state index is 0.179. The van der Waals surface area contributed by atoms with Gasteiger partial charge < -0.3 is 0 Å². The van der Waals surface area contributed by atoms with Crippen molar-refractivity contribution in [3.05, 3.63) is 34.1 Å². The zero-order valence-electron chi connectivity index (χ0n) is 10.8. The monoisotopic (exact) mass is 301 g/mol. The van der Waals surface area contributed by atoms with Gasteiger partial charge >= 0.3 is 0 Å². The van der Waals surface area contributed by atoms with Crippen molar-refractivity contribution in [3.8, 4) is 0 Å². The highest BCUT2D eigenvalue weighted by Crippen LogP contribution is 2.22. The molecule has 0 radical (unpaired) electrons. The molecule has 1 nitrogen and oxygen atoms in total. The highest BCUT2D eigenvalue weighted by molar-refractivity contribution is 9.10. The molecule has 17 heavy (non-hydrogen) atoms. The first-order valence-corrected chi connectivity index (χ1v) is 7.03. The van der Waals surface area contributed by atoms with Crippen LogP contribution in [0.15, 0.2) is 22.7 Å². The van der Waals surface area contributed by atoms with E-state index in [2.05, 4.69) is 41.6 Å². The van der Waals surface area contributed by atoms with Gasteiger partial charge in [0.25, 0.3) is 0 Å². The van der Waals surface area contributed by atoms with E-state index in [0.717, 1.165) is 25.2 Å². The van der Waals surface area contributed by atoms with E-state index in [9.17, 15) is 4.39 Å². The Morgan fingerprint density at radius 1 is 1.35 bits per heavy atom. The minimum Gasteiger partial charge on any atom is -0.299 e. The smallest absolute Gasteiger partial charge is 0.137 e. The Kier molecular flexibility index (Phi) is 6.14.